The molecule has 0 aromatic carbocycles. The van der Waals surface area contributed by atoms with E-state index in [4.69, 9.17) is 17.9 Å². The molecule has 0 saturated heterocycles. The summed E-state index contributed by atoms with van der Waals surface area (Å²) in [5.41, 5.74) is 0. The molecule has 0 heterocycles. The number of ketones is 2. The molecule has 0 aliphatic rings. The molecule has 0 spiro atoms. The number of hydrogen-bond donors (Lipinski definition) is 0. The molecule has 5 heteroatoms. The average Bonchev–Trinajstić information content (AvgIpc) is 2.45. The molecule has 0 bridgehead atoms. The summed E-state index contributed by atoms with van der Waals surface area (Å²) < 4.78 is 0.558. The summed E-state index contributed by atoms with van der Waals surface area (Å²) in [5.74, 6) is 0.312. The van der Waals surface area contributed by atoms with Crippen LogP contribution in [0.4, 0.5) is 0 Å². The third kappa shape index (κ3) is 16.0. The number of unbranched alkanes of at least 4 members (excludes halogenated alkanes) is 8. The van der Waals surface area contributed by atoms with Crippen molar-refractivity contribution in [3.63, 3.8) is 0 Å². The van der Waals surface area contributed by atoms with Gasteiger partial charge in [-0.15, -0.1) is 0 Å². The first-order chi connectivity index (χ1) is 10.9. The molecule has 0 radical (unpaired) electrons. The minimum absolute atomic E-state index is 0.156. The Morgan fingerprint density at radius 2 is 1.00 bits per heavy atom. The Bertz CT molecular complexity index is 303. The van der Waals surface area contributed by atoms with E-state index in [2.05, 4.69) is 13.8 Å². The first-order valence-corrected chi connectivity index (χ1v) is 18.3. The normalized spacial score (nSPS) is 12.3. The predicted octanol–water partition coefficient (Wildman–Crippen LogP) is 6.77. The van der Waals surface area contributed by atoms with Gasteiger partial charge in [0.05, 0.1) is 0 Å². The molecule has 23 heavy (non-hydrogen) atoms. The Morgan fingerprint density at radius 3 is 1.35 bits per heavy atom. The van der Waals surface area contributed by atoms with Crippen molar-refractivity contribution in [2.45, 2.75) is 99.8 Å². The van der Waals surface area contributed by atoms with Crippen molar-refractivity contribution in [3.8, 4) is 0 Å². The summed E-state index contributed by atoms with van der Waals surface area (Å²) in [6.07, 6.45) is 12.4. The summed E-state index contributed by atoms with van der Waals surface area (Å²) >= 11 is -3.29. The van der Waals surface area contributed by atoms with Gasteiger partial charge in [0.2, 0.25) is 0 Å². The second-order valence-electron chi connectivity index (χ2n) is 6.39. The van der Waals surface area contributed by atoms with E-state index in [1.54, 1.807) is 0 Å². The molecule has 0 rings (SSSR count). The van der Waals surface area contributed by atoms with Crippen LogP contribution >= 0.6 is 17.9 Å². The van der Waals surface area contributed by atoms with E-state index in [0.29, 0.717) is 12.8 Å². The third-order valence-electron chi connectivity index (χ3n) is 3.86. The third-order valence-corrected chi connectivity index (χ3v) is 11.0. The van der Waals surface area contributed by atoms with Gasteiger partial charge < -0.3 is 0 Å². The van der Waals surface area contributed by atoms with Crippen molar-refractivity contribution in [2.24, 2.45) is 0 Å². The van der Waals surface area contributed by atoms with Gasteiger partial charge in [-0.25, -0.2) is 0 Å². The van der Waals surface area contributed by atoms with E-state index >= 15 is 0 Å². The minimum atomic E-state index is -3.29. The zero-order valence-corrected chi connectivity index (χ0v) is 18.7. The molecule has 0 aromatic heterocycles. The molecule has 0 atom stereocenters. The Labute approximate surface area is 154 Å². The fourth-order valence-electron chi connectivity index (χ4n) is 2.52. The van der Waals surface area contributed by atoms with Gasteiger partial charge >= 0.3 is 155 Å². The molecular weight excluding hydrogens is 447 g/mol. The van der Waals surface area contributed by atoms with Crippen molar-refractivity contribution in [2.75, 3.05) is 0 Å². The number of rotatable bonds is 16. The van der Waals surface area contributed by atoms with Crippen LogP contribution in [0.3, 0.4) is 0 Å². The molecule has 0 aliphatic carbocycles. The molecule has 0 amide bonds. The van der Waals surface area contributed by atoms with Crippen molar-refractivity contribution >= 4 is 45.4 Å². The summed E-state index contributed by atoms with van der Waals surface area (Å²) in [7, 11) is 12.7. The van der Waals surface area contributed by atoms with Gasteiger partial charge in [-0.05, 0) is 0 Å². The van der Waals surface area contributed by atoms with Crippen molar-refractivity contribution < 1.29 is 9.59 Å². The summed E-state index contributed by atoms with van der Waals surface area (Å²) in [6.45, 7) is 4.35. The fraction of sp³-hybridized carbons (Fsp3) is 0.889. The van der Waals surface area contributed by atoms with Crippen LogP contribution in [0.15, 0.2) is 0 Å². The molecule has 0 aliphatic heterocycles. The van der Waals surface area contributed by atoms with E-state index in [1.165, 1.54) is 38.5 Å². The van der Waals surface area contributed by atoms with Gasteiger partial charge in [-0.3, -0.25) is 0 Å². The number of carbonyl (C=O) groups is 2. The van der Waals surface area contributed by atoms with E-state index in [9.17, 15) is 9.59 Å². The van der Waals surface area contributed by atoms with Gasteiger partial charge in [0.25, 0.3) is 0 Å². The average molecular weight is 481 g/mol. The molecule has 0 fully saturated rings. The number of halogens is 2. The monoisotopic (exact) mass is 482 g/mol. The number of carbonyl (C=O) groups excluding carboxylic acids is 2. The molecule has 0 saturated carbocycles. The second-order valence-corrected chi connectivity index (χ2v) is 21.0. The van der Waals surface area contributed by atoms with Crippen molar-refractivity contribution in [1.82, 2.24) is 0 Å². The topological polar surface area (TPSA) is 34.1 Å². The van der Waals surface area contributed by atoms with Gasteiger partial charge in [-0.1, -0.05) is 0 Å². The molecule has 0 aromatic rings. The van der Waals surface area contributed by atoms with Crippen LogP contribution in [0.5, 0.6) is 0 Å². The maximum absolute atomic E-state index is 12.0. The van der Waals surface area contributed by atoms with Gasteiger partial charge in [-0.2, -0.15) is 0 Å². The first kappa shape index (κ1) is 23.7. The summed E-state index contributed by atoms with van der Waals surface area (Å²) in [5, 5.41) is 0. The zero-order valence-electron chi connectivity index (χ0n) is 14.9. The van der Waals surface area contributed by atoms with Crippen LogP contribution in [-0.4, -0.2) is 27.5 Å². The molecule has 2 nitrogen and oxygen atoms in total. The van der Waals surface area contributed by atoms with E-state index in [1.807, 2.05) is 0 Å². The van der Waals surface area contributed by atoms with Crippen LogP contribution in [0.2, 0.25) is 8.94 Å². The standard InChI is InChI=1S/C18H34Cl2O2Te/c1-3-5-7-9-11-13-17(21)15-23(19,20)16-18(22)14-12-10-8-6-4-2/h3-16H2,1-2H3. The van der Waals surface area contributed by atoms with Crippen LogP contribution in [0, 0.1) is 0 Å². The van der Waals surface area contributed by atoms with Gasteiger partial charge in [0.15, 0.2) is 0 Å². The Kier molecular flexibility index (Phi) is 15.5. The molecular formula is C18H34Cl2O2Te. The molecule has 138 valence electrons. The Hall–Kier alpha value is 0.710. The van der Waals surface area contributed by atoms with E-state index in [-0.39, 0.29) is 20.5 Å². The Balaban J connectivity index is 3.83. The quantitative estimate of drug-likeness (QED) is 0.180. The van der Waals surface area contributed by atoms with Crippen LogP contribution in [-0.2, 0) is 9.59 Å². The fourth-order valence-corrected chi connectivity index (χ4v) is 9.59. The number of Topliss-reactive ketones (excluding diaryl/α,β-unsaturated/α-hetero) is 2. The van der Waals surface area contributed by atoms with Crippen LogP contribution in [0.1, 0.15) is 90.9 Å². The summed E-state index contributed by atoms with van der Waals surface area (Å²) in [6, 6.07) is 0. The van der Waals surface area contributed by atoms with E-state index < -0.39 is 15.9 Å². The van der Waals surface area contributed by atoms with Crippen molar-refractivity contribution in [3.05, 3.63) is 0 Å². The first-order valence-electron chi connectivity index (χ1n) is 9.12. The molecule has 0 unspecified atom stereocenters. The predicted molar refractivity (Wildman–Crippen MR) is 104 cm³/mol. The van der Waals surface area contributed by atoms with Crippen LogP contribution < -0.4 is 0 Å². The van der Waals surface area contributed by atoms with Gasteiger partial charge in [0.1, 0.15) is 0 Å². The second kappa shape index (κ2) is 15.0. The maximum atomic E-state index is 12.0. The Morgan fingerprint density at radius 1 is 0.652 bits per heavy atom. The zero-order chi connectivity index (χ0) is 17.6. The van der Waals surface area contributed by atoms with E-state index in [0.717, 1.165) is 25.7 Å². The number of hydrogen-bond acceptors (Lipinski definition) is 2. The van der Waals surface area contributed by atoms with Crippen molar-refractivity contribution in [1.29, 1.82) is 0 Å². The molecule has 0 N–H and O–H groups in total. The summed E-state index contributed by atoms with van der Waals surface area (Å²) in [4.78, 5) is 23.9. The SMILES string of the molecule is CCCCCCCC(=O)C[Te](Cl)(Cl)CC(=O)CCCCCCC. The van der Waals surface area contributed by atoms with Crippen LogP contribution in [0.25, 0.3) is 0 Å². The van der Waals surface area contributed by atoms with Gasteiger partial charge in [0, 0.05) is 0 Å².